The maximum absolute atomic E-state index is 10.5. The Labute approximate surface area is 113 Å². The van der Waals surface area contributed by atoms with E-state index in [1.54, 1.807) is 7.11 Å². The summed E-state index contributed by atoms with van der Waals surface area (Å²) in [6.07, 6.45) is 4.77. The van der Waals surface area contributed by atoms with Crippen molar-refractivity contribution in [1.29, 1.82) is 0 Å². The van der Waals surface area contributed by atoms with Gasteiger partial charge in [0.2, 0.25) is 0 Å². The highest BCUT2D eigenvalue weighted by molar-refractivity contribution is 5.85. The Kier molecular flexibility index (Phi) is 6.68. The third kappa shape index (κ3) is 5.57. The van der Waals surface area contributed by atoms with Crippen molar-refractivity contribution in [3.05, 3.63) is 35.4 Å². The number of aliphatic carboxylic acids is 1. The summed E-state index contributed by atoms with van der Waals surface area (Å²) in [6, 6.07) is 5.62. The Bertz CT molecular complexity index is 438. The van der Waals surface area contributed by atoms with Gasteiger partial charge in [-0.25, -0.2) is 4.79 Å². The van der Waals surface area contributed by atoms with E-state index in [-0.39, 0.29) is 0 Å². The Hall–Kier alpha value is -1.81. The summed E-state index contributed by atoms with van der Waals surface area (Å²) in [4.78, 5) is 10.5. The van der Waals surface area contributed by atoms with Gasteiger partial charge in [0.15, 0.2) is 0 Å². The van der Waals surface area contributed by atoms with Crippen LogP contribution in [0.4, 0.5) is 0 Å². The summed E-state index contributed by atoms with van der Waals surface area (Å²) in [5, 5.41) is 8.66. The summed E-state index contributed by atoms with van der Waals surface area (Å²) in [7, 11) is 1.56. The molecule has 0 aliphatic heterocycles. The minimum absolute atomic E-state index is 0.526. The predicted octanol–water partition coefficient (Wildman–Crippen LogP) is 3.11. The van der Waals surface area contributed by atoms with E-state index in [0.717, 1.165) is 36.7 Å². The maximum atomic E-state index is 10.5. The van der Waals surface area contributed by atoms with E-state index in [2.05, 4.69) is 6.92 Å². The third-order valence-corrected chi connectivity index (χ3v) is 2.61. The van der Waals surface area contributed by atoms with Crippen LogP contribution in [-0.4, -0.2) is 24.8 Å². The topological polar surface area (TPSA) is 55.8 Å². The zero-order valence-electron chi connectivity index (χ0n) is 11.4. The summed E-state index contributed by atoms with van der Waals surface area (Å²) >= 11 is 0. The number of hydrogen-bond donors (Lipinski definition) is 1. The van der Waals surface area contributed by atoms with E-state index in [9.17, 15) is 4.79 Å². The van der Waals surface area contributed by atoms with E-state index in [1.165, 1.54) is 6.08 Å². The largest absolute Gasteiger partial charge is 0.496 e. The van der Waals surface area contributed by atoms with E-state index < -0.39 is 5.97 Å². The van der Waals surface area contributed by atoms with Crippen LogP contribution in [0.1, 0.15) is 30.9 Å². The number of benzene rings is 1. The van der Waals surface area contributed by atoms with Gasteiger partial charge in [-0.2, -0.15) is 0 Å². The molecule has 1 aromatic rings. The number of carboxylic acids is 1. The first-order valence-electron chi connectivity index (χ1n) is 6.33. The lowest BCUT2D eigenvalue weighted by Gasteiger charge is -2.08. The summed E-state index contributed by atoms with van der Waals surface area (Å²) in [6.45, 7) is 3.38. The number of carbonyl (C=O) groups is 1. The highest BCUT2D eigenvalue weighted by Gasteiger charge is 2.02. The molecule has 0 saturated heterocycles. The molecule has 0 aliphatic carbocycles. The predicted molar refractivity (Wildman–Crippen MR) is 74.2 cm³/mol. The second-order valence-corrected chi connectivity index (χ2v) is 4.15. The molecule has 0 fully saturated rings. The molecule has 0 unspecified atom stereocenters. The van der Waals surface area contributed by atoms with Crippen LogP contribution in [0.2, 0.25) is 0 Å². The van der Waals surface area contributed by atoms with Gasteiger partial charge in [0.05, 0.1) is 13.7 Å². The molecule has 4 heteroatoms. The van der Waals surface area contributed by atoms with Crippen LogP contribution in [0.25, 0.3) is 6.08 Å². The standard InChI is InChI=1S/C15H20O4/c1-3-4-9-19-11-12-5-7-14(18-2)13(10-12)6-8-15(16)17/h5-8,10H,3-4,9,11H2,1-2H3,(H,16,17). The second kappa shape index (κ2) is 8.32. The molecule has 19 heavy (non-hydrogen) atoms. The Morgan fingerprint density at radius 3 is 2.84 bits per heavy atom. The molecule has 0 heterocycles. The van der Waals surface area contributed by atoms with Crippen molar-refractivity contribution in [2.75, 3.05) is 13.7 Å². The van der Waals surface area contributed by atoms with Gasteiger partial charge >= 0.3 is 5.97 Å². The van der Waals surface area contributed by atoms with Gasteiger partial charge in [-0.3, -0.25) is 0 Å². The average molecular weight is 264 g/mol. The number of rotatable bonds is 8. The van der Waals surface area contributed by atoms with Crippen molar-refractivity contribution in [2.24, 2.45) is 0 Å². The highest BCUT2D eigenvalue weighted by atomic mass is 16.5. The molecule has 0 radical (unpaired) electrons. The molecular formula is C15H20O4. The van der Waals surface area contributed by atoms with Gasteiger partial charge in [0.25, 0.3) is 0 Å². The van der Waals surface area contributed by atoms with Gasteiger partial charge in [-0.05, 0) is 30.2 Å². The Balaban J connectivity index is 2.74. The van der Waals surface area contributed by atoms with Crippen LogP contribution in [0.3, 0.4) is 0 Å². The average Bonchev–Trinajstić information content (AvgIpc) is 2.41. The van der Waals surface area contributed by atoms with Crippen molar-refractivity contribution in [1.82, 2.24) is 0 Å². The minimum Gasteiger partial charge on any atom is -0.496 e. The molecule has 0 amide bonds. The number of hydrogen-bond acceptors (Lipinski definition) is 3. The van der Waals surface area contributed by atoms with Crippen molar-refractivity contribution >= 4 is 12.0 Å². The fourth-order valence-corrected chi connectivity index (χ4v) is 1.60. The molecule has 0 aliphatic rings. The first-order valence-corrected chi connectivity index (χ1v) is 6.33. The van der Waals surface area contributed by atoms with E-state index in [4.69, 9.17) is 14.6 Å². The number of ether oxygens (including phenoxy) is 2. The van der Waals surface area contributed by atoms with E-state index in [0.29, 0.717) is 12.4 Å². The van der Waals surface area contributed by atoms with Crippen LogP contribution in [-0.2, 0) is 16.1 Å². The quantitative estimate of drug-likeness (QED) is 0.579. The number of unbranched alkanes of at least 4 members (excludes halogenated alkanes) is 1. The van der Waals surface area contributed by atoms with Crippen LogP contribution < -0.4 is 4.74 Å². The molecule has 0 spiro atoms. The zero-order chi connectivity index (χ0) is 14.1. The zero-order valence-corrected chi connectivity index (χ0v) is 11.4. The van der Waals surface area contributed by atoms with Crippen LogP contribution >= 0.6 is 0 Å². The van der Waals surface area contributed by atoms with Crippen LogP contribution in [0.5, 0.6) is 5.75 Å². The SMILES string of the molecule is CCCCOCc1ccc(OC)c(C=CC(=O)O)c1. The molecule has 0 atom stereocenters. The molecule has 0 saturated carbocycles. The molecule has 4 nitrogen and oxygen atoms in total. The minimum atomic E-state index is -0.980. The fraction of sp³-hybridized carbons (Fsp3) is 0.400. The van der Waals surface area contributed by atoms with Crippen molar-refractivity contribution in [3.63, 3.8) is 0 Å². The lowest BCUT2D eigenvalue weighted by atomic mass is 10.1. The molecule has 104 valence electrons. The molecule has 1 aromatic carbocycles. The summed E-state index contributed by atoms with van der Waals surface area (Å²) in [5.41, 5.74) is 1.74. The Morgan fingerprint density at radius 2 is 2.21 bits per heavy atom. The van der Waals surface area contributed by atoms with Crippen molar-refractivity contribution < 1.29 is 19.4 Å². The third-order valence-electron chi connectivity index (χ3n) is 2.61. The lowest BCUT2D eigenvalue weighted by Crippen LogP contribution is -1.97. The van der Waals surface area contributed by atoms with Gasteiger partial charge < -0.3 is 14.6 Å². The molecule has 1 N–H and O–H groups in total. The van der Waals surface area contributed by atoms with Gasteiger partial charge in [0.1, 0.15) is 5.75 Å². The van der Waals surface area contributed by atoms with Crippen molar-refractivity contribution in [2.45, 2.75) is 26.4 Å². The summed E-state index contributed by atoms with van der Waals surface area (Å²) in [5.74, 6) is -0.332. The maximum Gasteiger partial charge on any atom is 0.328 e. The second-order valence-electron chi connectivity index (χ2n) is 4.15. The van der Waals surface area contributed by atoms with Crippen molar-refractivity contribution in [3.8, 4) is 5.75 Å². The van der Waals surface area contributed by atoms with Gasteiger partial charge in [-0.15, -0.1) is 0 Å². The van der Waals surface area contributed by atoms with Gasteiger partial charge in [-0.1, -0.05) is 19.4 Å². The van der Waals surface area contributed by atoms with E-state index >= 15 is 0 Å². The fourth-order valence-electron chi connectivity index (χ4n) is 1.60. The molecular weight excluding hydrogens is 244 g/mol. The first kappa shape index (κ1) is 15.2. The number of methoxy groups -OCH3 is 1. The molecule has 0 aromatic heterocycles. The molecule has 0 bridgehead atoms. The normalized spacial score (nSPS) is 10.8. The highest BCUT2D eigenvalue weighted by Crippen LogP contribution is 2.21. The molecule has 1 rings (SSSR count). The van der Waals surface area contributed by atoms with Crippen LogP contribution in [0.15, 0.2) is 24.3 Å². The van der Waals surface area contributed by atoms with E-state index in [1.807, 2.05) is 18.2 Å². The monoisotopic (exact) mass is 264 g/mol. The Morgan fingerprint density at radius 1 is 1.42 bits per heavy atom. The van der Waals surface area contributed by atoms with Gasteiger partial charge in [0, 0.05) is 18.2 Å². The smallest absolute Gasteiger partial charge is 0.328 e. The summed E-state index contributed by atoms with van der Waals surface area (Å²) < 4.78 is 10.7. The lowest BCUT2D eigenvalue weighted by molar-refractivity contribution is -0.131. The van der Waals surface area contributed by atoms with Crippen LogP contribution in [0, 0.1) is 0 Å². The number of carboxylic acid groups (broad SMARTS) is 1. The first-order chi connectivity index (χ1) is 9.17.